The fourth-order valence-electron chi connectivity index (χ4n) is 6.19. The molecule has 6 heteroatoms. The molecule has 0 amide bonds. The summed E-state index contributed by atoms with van der Waals surface area (Å²) in [7, 11) is 1.74. The molecule has 5 rings (SSSR count). The minimum Gasteiger partial charge on any atom is -0.381 e. The number of allylic oxidation sites excluding steroid dienone is 3. The summed E-state index contributed by atoms with van der Waals surface area (Å²) in [6.07, 6.45) is 11.0. The summed E-state index contributed by atoms with van der Waals surface area (Å²) >= 11 is 0. The first-order valence-electron chi connectivity index (χ1n) is 14.3. The van der Waals surface area contributed by atoms with Crippen LogP contribution >= 0.6 is 0 Å². The maximum atomic E-state index is 11.6. The smallest absolute Gasteiger partial charge is 0.159 e. The molecular weight excluding hydrogens is 484 g/mol. The third-order valence-electron chi connectivity index (χ3n) is 8.73. The number of pyridine rings is 1. The molecule has 0 bridgehead atoms. The number of ketones is 1. The van der Waals surface area contributed by atoms with Crippen molar-refractivity contribution < 1.29 is 9.53 Å². The van der Waals surface area contributed by atoms with Crippen molar-refractivity contribution in [1.29, 1.82) is 0 Å². The van der Waals surface area contributed by atoms with Crippen molar-refractivity contribution in [3.8, 4) is 0 Å². The standard InChI is InChI=1S/C33H42N4O2/c1-21(23(3)37-16-13-27(14-17-37)26-8-6-25(7-9-26)24(4)38)18-30-22(2)34-15-12-29(30)28-10-11-31-32(19-28)36-33(35-31)20-39-5/h6-9,12,15,18-19,23,27,33,35-36H,10-11,13-14,16-17,20H2,1-5H3/b21-18+. The zero-order chi connectivity index (χ0) is 27.5. The van der Waals surface area contributed by atoms with Gasteiger partial charge in [-0.25, -0.2) is 0 Å². The third-order valence-corrected chi connectivity index (χ3v) is 8.73. The average molecular weight is 527 g/mol. The summed E-state index contributed by atoms with van der Waals surface area (Å²) in [5, 5.41) is 7.12. The summed E-state index contributed by atoms with van der Waals surface area (Å²) in [6, 6.07) is 10.8. The van der Waals surface area contributed by atoms with E-state index in [9.17, 15) is 4.79 Å². The van der Waals surface area contributed by atoms with E-state index in [1.54, 1.807) is 14.0 Å². The van der Waals surface area contributed by atoms with Crippen molar-refractivity contribution in [3.05, 3.63) is 87.5 Å². The molecule has 1 saturated heterocycles. The third kappa shape index (κ3) is 6.02. The van der Waals surface area contributed by atoms with E-state index < -0.39 is 0 Å². The summed E-state index contributed by atoms with van der Waals surface area (Å²) in [6.45, 7) is 11.1. The maximum Gasteiger partial charge on any atom is 0.159 e. The van der Waals surface area contributed by atoms with Crippen molar-refractivity contribution >= 4 is 17.4 Å². The second kappa shape index (κ2) is 11.9. The SMILES string of the molecule is COCC1NC2=C(CCC(c3ccnc(C)c3/C=C(\C)C(C)N3CCC(c4ccc(C(C)=O)cc4)CC3)=C2)N1. The largest absolute Gasteiger partial charge is 0.381 e. The van der Waals surface area contributed by atoms with Gasteiger partial charge in [0.1, 0.15) is 6.17 Å². The first kappa shape index (κ1) is 27.4. The number of aryl methyl sites for hydroxylation is 1. The van der Waals surface area contributed by atoms with E-state index in [0.29, 0.717) is 18.6 Å². The maximum absolute atomic E-state index is 11.6. The second-order valence-electron chi connectivity index (χ2n) is 11.3. The number of hydrogen-bond donors (Lipinski definition) is 2. The minimum atomic E-state index is 0.129. The average Bonchev–Trinajstić information content (AvgIpc) is 3.35. The van der Waals surface area contributed by atoms with Crippen molar-refractivity contribution in [1.82, 2.24) is 20.5 Å². The van der Waals surface area contributed by atoms with E-state index in [1.807, 2.05) is 18.3 Å². The number of carbonyl (C=O) groups is 1. The monoisotopic (exact) mass is 526 g/mol. The van der Waals surface area contributed by atoms with Gasteiger partial charge >= 0.3 is 0 Å². The lowest BCUT2D eigenvalue weighted by Gasteiger charge is -2.37. The molecule has 206 valence electrons. The zero-order valence-corrected chi connectivity index (χ0v) is 24.0. The number of carbonyl (C=O) groups excluding carboxylic acids is 1. The molecule has 1 aromatic carbocycles. The lowest BCUT2D eigenvalue weighted by molar-refractivity contribution is 0.101. The van der Waals surface area contributed by atoms with Gasteiger partial charge in [0, 0.05) is 41.9 Å². The highest BCUT2D eigenvalue weighted by Gasteiger charge is 2.27. The molecule has 39 heavy (non-hydrogen) atoms. The van der Waals surface area contributed by atoms with E-state index in [1.165, 1.54) is 39.2 Å². The lowest BCUT2D eigenvalue weighted by Crippen LogP contribution is -2.40. The van der Waals surface area contributed by atoms with Gasteiger partial charge in [-0.1, -0.05) is 35.9 Å². The van der Waals surface area contributed by atoms with Gasteiger partial charge in [-0.3, -0.25) is 14.7 Å². The highest BCUT2D eigenvalue weighted by Crippen LogP contribution is 2.35. The molecular formula is C33H42N4O2. The van der Waals surface area contributed by atoms with Crippen LogP contribution in [-0.2, 0) is 4.74 Å². The Labute approximate surface area is 233 Å². The molecule has 6 nitrogen and oxygen atoms in total. The van der Waals surface area contributed by atoms with E-state index in [2.05, 4.69) is 71.6 Å². The molecule has 0 radical (unpaired) electrons. The molecule has 2 unspecified atom stereocenters. The molecule has 0 spiro atoms. The number of piperidine rings is 1. The van der Waals surface area contributed by atoms with Gasteiger partial charge in [-0.2, -0.15) is 0 Å². The number of aromatic nitrogens is 1. The number of hydrogen-bond acceptors (Lipinski definition) is 6. The van der Waals surface area contributed by atoms with Gasteiger partial charge in [0.2, 0.25) is 0 Å². The van der Waals surface area contributed by atoms with Gasteiger partial charge in [-0.05, 0) is 101 Å². The Bertz CT molecular complexity index is 1300. The van der Waals surface area contributed by atoms with Crippen LogP contribution in [-0.4, -0.2) is 54.7 Å². The Balaban J connectivity index is 1.28. The predicted molar refractivity (Wildman–Crippen MR) is 158 cm³/mol. The first-order valence-corrected chi connectivity index (χ1v) is 14.3. The number of nitrogens with one attached hydrogen (secondary N) is 2. The van der Waals surface area contributed by atoms with Crippen LogP contribution in [0.3, 0.4) is 0 Å². The van der Waals surface area contributed by atoms with Gasteiger partial charge in [-0.15, -0.1) is 0 Å². The first-order chi connectivity index (χ1) is 18.8. The van der Waals surface area contributed by atoms with Crippen LogP contribution in [0.2, 0.25) is 0 Å². The molecule has 2 aromatic rings. The molecule has 1 aliphatic carbocycles. The summed E-state index contributed by atoms with van der Waals surface area (Å²) in [5.74, 6) is 0.689. The second-order valence-corrected chi connectivity index (χ2v) is 11.3. The van der Waals surface area contributed by atoms with Gasteiger partial charge in [0.05, 0.1) is 12.3 Å². The summed E-state index contributed by atoms with van der Waals surface area (Å²) in [5.41, 5.74) is 10.9. The molecule has 2 N–H and O–H groups in total. The van der Waals surface area contributed by atoms with Crippen molar-refractivity contribution in [2.75, 3.05) is 26.8 Å². The quantitative estimate of drug-likeness (QED) is 0.423. The topological polar surface area (TPSA) is 66.5 Å². The van der Waals surface area contributed by atoms with Crippen LogP contribution in [0.4, 0.5) is 0 Å². The molecule has 1 fully saturated rings. The number of likely N-dealkylation sites (tertiary alicyclic amines) is 1. The molecule has 3 aliphatic rings. The van der Waals surface area contributed by atoms with Crippen LogP contribution in [0.5, 0.6) is 0 Å². The van der Waals surface area contributed by atoms with Crippen LogP contribution in [0, 0.1) is 6.92 Å². The van der Waals surface area contributed by atoms with Crippen LogP contribution in [0.15, 0.2) is 59.6 Å². The fraction of sp³-hybridized carbons (Fsp3) is 0.455. The van der Waals surface area contributed by atoms with Gasteiger partial charge < -0.3 is 15.4 Å². The summed E-state index contributed by atoms with van der Waals surface area (Å²) in [4.78, 5) is 18.9. The van der Waals surface area contributed by atoms with Gasteiger partial charge in [0.15, 0.2) is 5.78 Å². The Morgan fingerprint density at radius 2 is 1.87 bits per heavy atom. The van der Waals surface area contributed by atoms with E-state index in [4.69, 9.17) is 4.74 Å². The Morgan fingerprint density at radius 1 is 1.13 bits per heavy atom. The lowest BCUT2D eigenvalue weighted by atomic mass is 9.87. The van der Waals surface area contributed by atoms with Crippen LogP contribution < -0.4 is 10.6 Å². The number of Topliss-reactive ketones (excluding diaryl/α,β-unsaturated/α-hetero) is 1. The molecule has 2 atom stereocenters. The minimum absolute atomic E-state index is 0.129. The summed E-state index contributed by atoms with van der Waals surface area (Å²) < 4.78 is 5.33. The Hall–Kier alpha value is -3.22. The molecule has 2 aliphatic heterocycles. The van der Waals surface area contributed by atoms with E-state index >= 15 is 0 Å². The van der Waals surface area contributed by atoms with Crippen molar-refractivity contribution in [2.45, 2.75) is 71.5 Å². The van der Waals surface area contributed by atoms with E-state index in [-0.39, 0.29) is 11.9 Å². The molecule has 0 saturated carbocycles. The Kier molecular flexibility index (Phi) is 8.34. The van der Waals surface area contributed by atoms with E-state index in [0.717, 1.165) is 50.0 Å². The number of nitrogens with zero attached hydrogens (tertiary/aromatic N) is 2. The Morgan fingerprint density at radius 3 is 2.56 bits per heavy atom. The van der Waals surface area contributed by atoms with Crippen LogP contribution in [0.1, 0.15) is 85.1 Å². The van der Waals surface area contributed by atoms with Gasteiger partial charge in [0.25, 0.3) is 0 Å². The predicted octanol–water partition coefficient (Wildman–Crippen LogP) is 5.82. The zero-order valence-electron chi connectivity index (χ0n) is 24.0. The normalized spacial score (nSPS) is 21.2. The van der Waals surface area contributed by atoms with Crippen LogP contribution in [0.25, 0.3) is 11.6 Å². The highest BCUT2D eigenvalue weighted by molar-refractivity contribution is 5.94. The number of ether oxygens (including phenoxy) is 1. The van der Waals surface area contributed by atoms with Crippen molar-refractivity contribution in [2.24, 2.45) is 0 Å². The van der Waals surface area contributed by atoms with Crippen molar-refractivity contribution in [3.63, 3.8) is 0 Å². The molecule has 1 aromatic heterocycles. The number of methoxy groups -OCH3 is 1. The highest BCUT2D eigenvalue weighted by atomic mass is 16.5. The fourth-order valence-corrected chi connectivity index (χ4v) is 6.19. The molecule has 3 heterocycles. The number of rotatable bonds is 8. The number of benzene rings is 1.